The summed E-state index contributed by atoms with van der Waals surface area (Å²) in [5, 5.41) is 5.27. The number of hydrogen-bond acceptors (Lipinski definition) is 8. The van der Waals surface area contributed by atoms with Crippen LogP contribution in [0.15, 0.2) is 33.9 Å². The first-order valence-electron chi connectivity index (χ1n) is 5.75. The lowest BCUT2D eigenvalue weighted by Gasteiger charge is -2.02. The number of aromatic amines is 1. The molecule has 0 saturated carbocycles. The Balaban J connectivity index is 1.70. The monoisotopic (exact) mass is 320 g/mol. The van der Waals surface area contributed by atoms with Crippen molar-refractivity contribution in [1.82, 2.24) is 24.9 Å². The maximum atomic E-state index is 11.8. The highest BCUT2D eigenvalue weighted by Gasteiger charge is 2.09. The molecule has 0 atom stereocenters. The highest BCUT2D eigenvalue weighted by Crippen LogP contribution is 2.15. The third-order valence-electron chi connectivity index (χ3n) is 2.34. The van der Waals surface area contributed by atoms with Crippen molar-refractivity contribution in [2.45, 2.75) is 5.16 Å². The van der Waals surface area contributed by atoms with Gasteiger partial charge in [0.15, 0.2) is 21.5 Å². The van der Waals surface area contributed by atoms with Crippen LogP contribution in [-0.4, -0.2) is 36.6 Å². The van der Waals surface area contributed by atoms with Gasteiger partial charge in [0.05, 0.1) is 5.75 Å². The number of nitrogens with one attached hydrogen (secondary N) is 2. The largest absolute Gasteiger partial charge is 0.301 e. The molecule has 1 amide bonds. The summed E-state index contributed by atoms with van der Waals surface area (Å²) in [5.74, 6) is -0.120. The van der Waals surface area contributed by atoms with Crippen molar-refractivity contribution in [3.63, 3.8) is 0 Å². The maximum Gasteiger partial charge on any atom is 0.279 e. The van der Waals surface area contributed by atoms with Crippen LogP contribution < -0.4 is 10.9 Å². The van der Waals surface area contributed by atoms with E-state index in [2.05, 4.69) is 30.2 Å². The predicted molar refractivity (Wildman–Crippen MR) is 79.4 cm³/mol. The highest BCUT2D eigenvalue weighted by molar-refractivity contribution is 7.99. The number of anilines is 1. The van der Waals surface area contributed by atoms with E-state index in [1.165, 1.54) is 23.7 Å². The molecular weight excluding hydrogens is 312 g/mol. The Hall–Kier alpha value is -2.33. The van der Waals surface area contributed by atoms with Gasteiger partial charge in [0.25, 0.3) is 5.56 Å². The Labute approximate surface area is 126 Å². The number of fused-ring (bicyclic) bond motifs is 1. The zero-order chi connectivity index (χ0) is 14.7. The standard InChI is InChI=1S/C11H8N6O2S2/c18-6(15-10-14-3-4-20-10)5-21-11-16-8-7(9(19)17-11)12-1-2-13-8/h1-4H,5H2,(H,14,15,18)(H,13,16,17,19). The fraction of sp³-hybridized carbons (Fsp3) is 0.0909. The number of hydrogen-bond donors (Lipinski definition) is 2. The fourth-order valence-electron chi connectivity index (χ4n) is 1.50. The quantitative estimate of drug-likeness (QED) is 0.542. The molecule has 0 aromatic carbocycles. The van der Waals surface area contributed by atoms with Crippen LogP contribution in [0.1, 0.15) is 0 Å². The molecule has 10 heteroatoms. The van der Waals surface area contributed by atoms with Gasteiger partial charge in [-0.1, -0.05) is 11.8 Å². The van der Waals surface area contributed by atoms with Gasteiger partial charge >= 0.3 is 0 Å². The first-order chi connectivity index (χ1) is 10.2. The van der Waals surface area contributed by atoms with Gasteiger partial charge in [0.1, 0.15) is 0 Å². The van der Waals surface area contributed by atoms with Gasteiger partial charge in [0, 0.05) is 24.0 Å². The summed E-state index contributed by atoms with van der Waals surface area (Å²) < 4.78 is 0. The lowest BCUT2D eigenvalue weighted by atomic mass is 10.5. The Morgan fingerprint density at radius 1 is 1.29 bits per heavy atom. The molecule has 0 fully saturated rings. The van der Waals surface area contributed by atoms with Crippen LogP contribution in [0.3, 0.4) is 0 Å². The van der Waals surface area contributed by atoms with Gasteiger partial charge in [-0.3, -0.25) is 14.6 Å². The van der Waals surface area contributed by atoms with E-state index in [9.17, 15) is 9.59 Å². The van der Waals surface area contributed by atoms with Gasteiger partial charge in [-0.05, 0) is 0 Å². The number of carbonyl (C=O) groups excluding carboxylic acids is 1. The second-order valence-electron chi connectivity index (χ2n) is 3.77. The average Bonchev–Trinajstić information content (AvgIpc) is 2.98. The Bertz CT molecular complexity index is 832. The van der Waals surface area contributed by atoms with E-state index < -0.39 is 0 Å². The summed E-state index contributed by atoms with van der Waals surface area (Å²) in [7, 11) is 0. The van der Waals surface area contributed by atoms with E-state index in [1.54, 1.807) is 11.6 Å². The predicted octanol–water partition coefficient (Wildman–Crippen LogP) is 0.900. The van der Waals surface area contributed by atoms with E-state index in [4.69, 9.17) is 0 Å². The molecule has 0 unspecified atom stereocenters. The van der Waals surface area contributed by atoms with Crippen LogP contribution >= 0.6 is 23.1 Å². The third-order valence-corrected chi connectivity index (χ3v) is 3.90. The molecule has 3 heterocycles. The van der Waals surface area contributed by atoms with E-state index in [0.717, 1.165) is 11.8 Å². The molecule has 3 rings (SSSR count). The molecule has 2 N–H and O–H groups in total. The van der Waals surface area contributed by atoms with Crippen molar-refractivity contribution in [3.8, 4) is 0 Å². The number of amides is 1. The molecular formula is C11H8N6O2S2. The number of carbonyl (C=O) groups is 1. The molecule has 3 aromatic rings. The van der Waals surface area contributed by atoms with Crippen molar-refractivity contribution in [2.75, 3.05) is 11.1 Å². The van der Waals surface area contributed by atoms with Gasteiger partial charge in [-0.2, -0.15) is 0 Å². The summed E-state index contributed by atoms with van der Waals surface area (Å²) in [4.78, 5) is 42.0. The SMILES string of the molecule is O=C(CSc1nc2nccnc2c(=O)[nH]1)Nc1nccs1. The van der Waals surface area contributed by atoms with E-state index in [0.29, 0.717) is 10.3 Å². The average molecular weight is 320 g/mol. The number of aromatic nitrogens is 5. The van der Waals surface area contributed by atoms with Crippen molar-refractivity contribution in [3.05, 3.63) is 34.3 Å². The Morgan fingerprint density at radius 2 is 2.14 bits per heavy atom. The summed E-state index contributed by atoms with van der Waals surface area (Å²) in [6.07, 6.45) is 4.49. The fourth-order valence-corrected chi connectivity index (χ4v) is 2.70. The molecule has 0 aliphatic heterocycles. The summed E-state index contributed by atoms with van der Waals surface area (Å²) in [6, 6.07) is 0. The van der Waals surface area contributed by atoms with Gasteiger partial charge in [-0.25, -0.2) is 19.9 Å². The van der Waals surface area contributed by atoms with Gasteiger partial charge < -0.3 is 5.32 Å². The minimum atomic E-state index is -0.379. The number of thioether (sulfide) groups is 1. The highest BCUT2D eigenvalue weighted by atomic mass is 32.2. The van der Waals surface area contributed by atoms with E-state index in [1.807, 2.05) is 0 Å². The topological polar surface area (TPSA) is 114 Å². The van der Waals surface area contributed by atoms with Crippen LogP contribution in [0.5, 0.6) is 0 Å². The zero-order valence-corrected chi connectivity index (χ0v) is 12.1. The minimum Gasteiger partial charge on any atom is -0.301 e. The second-order valence-corrected chi connectivity index (χ2v) is 5.63. The van der Waals surface area contributed by atoms with Crippen molar-refractivity contribution in [2.24, 2.45) is 0 Å². The number of H-pyrrole nitrogens is 1. The van der Waals surface area contributed by atoms with Gasteiger partial charge in [-0.15, -0.1) is 11.3 Å². The minimum absolute atomic E-state index is 0.105. The maximum absolute atomic E-state index is 11.8. The van der Waals surface area contributed by atoms with Crippen LogP contribution in [-0.2, 0) is 4.79 Å². The summed E-state index contributed by atoms with van der Waals surface area (Å²) in [6.45, 7) is 0. The van der Waals surface area contributed by atoms with Crippen LogP contribution in [0, 0.1) is 0 Å². The van der Waals surface area contributed by atoms with Crippen molar-refractivity contribution in [1.29, 1.82) is 0 Å². The normalized spacial score (nSPS) is 10.7. The number of nitrogens with zero attached hydrogens (tertiary/aromatic N) is 4. The summed E-state index contributed by atoms with van der Waals surface area (Å²) in [5.41, 5.74) is 0.0501. The first kappa shape index (κ1) is 13.6. The van der Waals surface area contributed by atoms with Gasteiger partial charge in [0.2, 0.25) is 5.91 Å². The lowest BCUT2D eigenvalue weighted by Crippen LogP contribution is -2.16. The molecule has 8 nitrogen and oxygen atoms in total. The molecule has 21 heavy (non-hydrogen) atoms. The number of thiazole rings is 1. The third kappa shape index (κ3) is 3.23. The number of rotatable bonds is 4. The molecule has 106 valence electrons. The van der Waals surface area contributed by atoms with Crippen LogP contribution in [0.4, 0.5) is 5.13 Å². The van der Waals surface area contributed by atoms with Crippen molar-refractivity contribution >= 4 is 45.3 Å². The van der Waals surface area contributed by atoms with E-state index >= 15 is 0 Å². The lowest BCUT2D eigenvalue weighted by molar-refractivity contribution is -0.113. The van der Waals surface area contributed by atoms with Crippen molar-refractivity contribution < 1.29 is 4.79 Å². The van der Waals surface area contributed by atoms with Crippen LogP contribution in [0.2, 0.25) is 0 Å². The first-order valence-corrected chi connectivity index (χ1v) is 7.62. The second kappa shape index (κ2) is 5.97. The Morgan fingerprint density at radius 3 is 2.95 bits per heavy atom. The molecule has 0 aliphatic rings. The summed E-state index contributed by atoms with van der Waals surface area (Å²) >= 11 is 2.44. The molecule has 0 saturated heterocycles. The smallest absolute Gasteiger partial charge is 0.279 e. The molecule has 0 bridgehead atoms. The molecule has 3 aromatic heterocycles. The molecule has 0 aliphatic carbocycles. The van der Waals surface area contributed by atoms with Crippen LogP contribution in [0.25, 0.3) is 11.2 Å². The Kier molecular flexibility index (Phi) is 3.88. The molecule has 0 spiro atoms. The zero-order valence-electron chi connectivity index (χ0n) is 10.4. The molecule has 0 radical (unpaired) electrons. The van der Waals surface area contributed by atoms with E-state index in [-0.39, 0.29) is 28.4 Å².